The van der Waals surface area contributed by atoms with Crippen LogP contribution in [-0.4, -0.2) is 35.1 Å². The predicted octanol–water partition coefficient (Wildman–Crippen LogP) is 2.65. The zero-order chi connectivity index (χ0) is 15.6. The van der Waals surface area contributed by atoms with E-state index >= 15 is 0 Å². The van der Waals surface area contributed by atoms with Crippen molar-refractivity contribution in [1.82, 2.24) is 14.5 Å². The lowest BCUT2D eigenvalue weighted by molar-refractivity contribution is 0.385. The first-order valence-corrected chi connectivity index (χ1v) is 7.45. The lowest BCUT2D eigenvalue weighted by atomic mass is 9.89. The Morgan fingerprint density at radius 3 is 2.48 bits per heavy atom. The molecule has 1 aromatic carbocycles. The van der Waals surface area contributed by atoms with Crippen molar-refractivity contribution in [3.05, 3.63) is 40.4 Å². The topological polar surface area (TPSA) is 38.1 Å². The van der Waals surface area contributed by atoms with E-state index in [1.54, 1.807) is 4.57 Å². The van der Waals surface area contributed by atoms with Crippen molar-refractivity contribution in [2.45, 2.75) is 39.2 Å². The minimum absolute atomic E-state index is 0.137. The van der Waals surface area contributed by atoms with Gasteiger partial charge in [-0.15, -0.1) is 0 Å². The zero-order valence-electron chi connectivity index (χ0n) is 13.7. The SMILES string of the molecule is CN(C)CCCn1c(=O)nc(C(C)(C)C)c2ccccc21. The van der Waals surface area contributed by atoms with Gasteiger partial charge in [-0.1, -0.05) is 39.0 Å². The lowest BCUT2D eigenvalue weighted by Crippen LogP contribution is -2.29. The summed E-state index contributed by atoms with van der Waals surface area (Å²) in [5.41, 5.74) is 1.59. The summed E-state index contributed by atoms with van der Waals surface area (Å²) in [6.45, 7) is 7.95. The third kappa shape index (κ3) is 3.50. The van der Waals surface area contributed by atoms with Gasteiger partial charge in [-0.2, -0.15) is 4.98 Å². The second-order valence-electron chi connectivity index (χ2n) is 6.82. The van der Waals surface area contributed by atoms with Gasteiger partial charge in [-0.25, -0.2) is 4.79 Å². The summed E-state index contributed by atoms with van der Waals surface area (Å²) in [6, 6.07) is 8.07. The first kappa shape index (κ1) is 15.7. The van der Waals surface area contributed by atoms with Crippen LogP contribution in [0.15, 0.2) is 29.1 Å². The number of fused-ring (bicyclic) bond motifs is 1. The Hall–Kier alpha value is -1.68. The maximum Gasteiger partial charge on any atom is 0.348 e. The van der Waals surface area contributed by atoms with Crippen molar-refractivity contribution in [3.63, 3.8) is 0 Å². The molecule has 1 aromatic heterocycles. The number of nitrogens with zero attached hydrogens (tertiary/aromatic N) is 3. The number of hydrogen-bond donors (Lipinski definition) is 0. The average molecular weight is 287 g/mol. The fourth-order valence-electron chi connectivity index (χ4n) is 2.56. The van der Waals surface area contributed by atoms with Gasteiger partial charge in [0.1, 0.15) is 0 Å². The Morgan fingerprint density at radius 2 is 1.86 bits per heavy atom. The van der Waals surface area contributed by atoms with E-state index in [2.05, 4.69) is 36.7 Å². The van der Waals surface area contributed by atoms with Crippen LogP contribution in [0.3, 0.4) is 0 Å². The maximum atomic E-state index is 12.4. The van der Waals surface area contributed by atoms with Crippen LogP contribution in [-0.2, 0) is 12.0 Å². The van der Waals surface area contributed by atoms with Crippen molar-refractivity contribution < 1.29 is 0 Å². The van der Waals surface area contributed by atoms with Crippen molar-refractivity contribution >= 4 is 10.9 Å². The highest BCUT2D eigenvalue weighted by Gasteiger charge is 2.21. The minimum atomic E-state index is -0.141. The molecule has 2 rings (SSSR count). The molecule has 0 bridgehead atoms. The number of para-hydroxylation sites is 1. The number of aromatic nitrogens is 2. The van der Waals surface area contributed by atoms with Crippen LogP contribution in [0.4, 0.5) is 0 Å². The minimum Gasteiger partial charge on any atom is -0.309 e. The summed E-state index contributed by atoms with van der Waals surface area (Å²) >= 11 is 0. The third-order valence-corrected chi connectivity index (χ3v) is 3.59. The number of benzene rings is 1. The molecular formula is C17H25N3O. The van der Waals surface area contributed by atoms with Gasteiger partial charge in [0.05, 0.1) is 11.2 Å². The molecule has 0 aliphatic carbocycles. The maximum absolute atomic E-state index is 12.4. The quantitative estimate of drug-likeness (QED) is 0.867. The second kappa shape index (κ2) is 5.98. The zero-order valence-corrected chi connectivity index (χ0v) is 13.7. The fourth-order valence-corrected chi connectivity index (χ4v) is 2.56. The van der Waals surface area contributed by atoms with Crippen LogP contribution < -0.4 is 5.69 Å². The molecule has 0 aliphatic rings. The summed E-state index contributed by atoms with van der Waals surface area (Å²) in [4.78, 5) is 18.9. The van der Waals surface area contributed by atoms with Crippen LogP contribution in [0.25, 0.3) is 10.9 Å². The first-order chi connectivity index (χ1) is 9.80. The molecule has 0 fully saturated rings. The summed E-state index contributed by atoms with van der Waals surface area (Å²) in [6.07, 6.45) is 0.938. The van der Waals surface area contributed by atoms with Crippen molar-refractivity contribution in [3.8, 4) is 0 Å². The standard InChI is InChI=1S/C17H25N3O/c1-17(2,3)15-13-9-6-7-10-14(13)20(16(21)18-15)12-8-11-19(4)5/h6-7,9-10H,8,11-12H2,1-5H3. The highest BCUT2D eigenvalue weighted by atomic mass is 16.1. The molecule has 0 saturated heterocycles. The molecule has 0 N–H and O–H groups in total. The van der Waals surface area contributed by atoms with Gasteiger partial charge in [0.25, 0.3) is 0 Å². The van der Waals surface area contributed by atoms with E-state index in [9.17, 15) is 4.79 Å². The Bertz CT molecular complexity index is 680. The summed E-state index contributed by atoms with van der Waals surface area (Å²) in [7, 11) is 4.09. The van der Waals surface area contributed by atoms with Gasteiger partial charge >= 0.3 is 5.69 Å². The monoisotopic (exact) mass is 287 g/mol. The molecule has 0 atom stereocenters. The van der Waals surface area contributed by atoms with E-state index in [-0.39, 0.29) is 11.1 Å². The molecule has 0 radical (unpaired) electrons. The molecule has 0 unspecified atom stereocenters. The van der Waals surface area contributed by atoms with Crippen LogP contribution in [0.5, 0.6) is 0 Å². The van der Waals surface area contributed by atoms with E-state index in [4.69, 9.17) is 0 Å². The molecule has 21 heavy (non-hydrogen) atoms. The van der Waals surface area contributed by atoms with Gasteiger partial charge in [-0.05, 0) is 33.1 Å². The number of rotatable bonds is 4. The van der Waals surface area contributed by atoms with Crippen molar-refractivity contribution in [1.29, 1.82) is 0 Å². The first-order valence-electron chi connectivity index (χ1n) is 7.45. The van der Waals surface area contributed by atoms with Crippen LogP contribution in [0.1, 0.15) is 32.9 Å². The van der Waals surface area contributed by atoms with Gasteiger partial charge in [-0.3, -0.25) is 4.57 Å². The lowest BCUT2D eigenvalue weighted by Gasteiger charge is -2.21. The van der Waals surface area contributed by atoms with Crippen LogP contribution >= 0.6 is 0 Å². The van der Waals surface area contributed by atoms with Crippen molar-refractivity contribution in [2.24, 2.45) is 0 Å². The highest BCUT2D eigenvalue weighted by Crippen LogP contribution is 2.26. The second-order valence-corrected chi connectivity index (χ2v) is 6.82. The third-order valence-electron chi connectivity index (χ3n) is 3.59. The fraction of sp³-hybridized carbons (Fsp3) is 0.529. The number of aryl methyl sites for hydroxylation is 1. The Kier molecular flexibility index (Phi) is 4.47. The van der Waals surface area contributed by atoms with E-state index in [0.29, 0.717) is 6.54 Å². The summed E-state index contributed by atoms with van der Waals surface area (Å²) in [5.74, 6) is 0. The van der Waals surface area contributed by atoms with E-state index < -0.39 is 0 Å². The summed E-state index contributed by atoms with van der Waals surface area (Å²) < 4.78 is 1.80. The number of hydrogen-bond acceptors (Lipinski definition) is 3. The molecule has 0 saturated carbocycles. The molecule has 0 spiro atoms. The Balaban J connectivity index is 2.53. The van der Waals surface area contributed by atoms with Gasteiger partial charge in [0, 0.05) is 17.3 Å². The van der Waals surface area contributed by atoms with Crippen LogP contribution in [0, 0.1) is 0 Å². The normalized spacial score (nSPS) is 12.3. The molecule has 114 valence electrons. The highest BCUT2D eigenvalue weighted by molar-refractivity contribution is 5.82. The molecule has 2 aromatic rings. The Morgan fingerprint density at radius 1 is 1.19 bits per heavy atom. The van der Waals surface area contributed by atoms with E-state index in [1.165, 1.54) is 0 Å². The summed E-state index contributed by atoms with van der Waals surface area (Å²) in [5, 5.41) is 1.08. The molecule has 0 aliphatic heterocycles. The molecule has 4 heteroatoms. The smallest absolute Gasteiger partial charge is 0.309 e. The van der Waals surface area contributed by atoms with E-state index in [0.717, 1.165) is 29.6 Å². The predicted molar refractivity (Wildman–Crippen MR) is 87.9 cm³/mol. The van der Waals surface area contributed by atoms with Crippen LogP contribution in [0.2, 0.25) is 0 Å². The molecule has 0 amide bonds. The van der Waals surface area contributed by atoms with Gasteiger partial charge in [0.2, 0.25) is 0 Å². The van der Waals surface area contributed by atoms with E-state index in [1.807, 2.05) is 32.3 Å². The van der Waals surface area contributed by atoms with Gasteiger partial charge in [0.15, 0.2) is 0 Å². The largest absolute Gasteiger partial charge is 0.348 e. The molecular weight excluding hydrogens is 262 g/mol. The molecule has 4 nitrogen and oxygen atoms in total. The molecule has 1 heterocycles. The average Bonchev–Trinajstić information content (AvgIpc) is 2.39. The van der Waals surface area contributed by atoms with Gasteiger partial charge < -0.3 is 4.90 Å². The van der Waals surface area contributed by atoms with Crippen molar-refractivity contribution in [2.75, 3.05) is 20.6 Å². The Labute approximate surface area is 126 Å².